The Labute approximate surface area is 130 Å². The van der Waals surface area contributed by atoms with Crippen LogP contribution in [0, 0.1) is 0 Å². The Morgan fingerprint density at radius 2 is 1.81 bits per heavy atom. The highest BCUT2D eigenvalue weighted by Crippen LogP contribution is 2.31. The minimum Gasteiger partial charge on any atom is -0.207 e. The zero-order valence-electron chi connectivity index (χ0n) is 11.4. The summed E-state index contributed by atoms with van der Waals surface area (Å²) in [6.45, 7) is 1.08. The van der Waals surface area contributed by atoms with E-state index in [1.54, 1.807) is 22.5 Å². The standard InChI is InChI=1S/C16H16ClNO2S/c17-15-7-4-8-16(11-15)21(19,20)18-10-9-14(12-18)13-5-2-1-3-6-13/h1-8,11,14H,9-10,12H2. The zero-order chi connectivity index (χ0) is 14.9. The molecule has 1 heterocycles. The van der Waals surface area contributed by atoms with E-state index < -0.39 is 10.0 Å². The van der Waals surface area contributed by atoms with E-state index in [1.807, 2.05) is 18.2 Å². The first kappa shape index (κ1) is 14.6. The molecule has 0 saturated carbocycles. The summed E-state index contributed by atoms with van der Waals surface area (Å²) in [5.74, 6) is 0.264. The van der Waals surface area contributed by atoms with Crippen LogP contribution in [-0.4, -0.2) is 25.8 Å². The van der Waals surface area contributed by atoms with Crippen LogP contribution in [0.2, 0.25) is 5.02 Å². The molecule has 21 heavy (non-hydrogen) atoms. The van der Waals surface area contributed by atoms with Crippen LogP contribution in [0.25, 0.3) is 0 Å². The summed E-state index contributed by atoms with van der Waals surface area (Å²) in [4.78, 5) is 0.267. The molecule has 2 aromatic carbocycles. The predicted octanol–water partition coefficient (Wildman–Crippen LogP) is 3.52. The molecule has 0 bridgehead atoms. The van der Waals surface area contributed by atoms with Gasteiger partial charge in [-0.05, 0) is 36.1 Å². The number of hydrogen-bond acceptors (Lipinski definition) is 2. The second kappa shape index (κ2) is 5.79. The minimum absolute atomic E-state index is 0.264. The first-order valence-corrected chi connectivity index (χ1v) is 8.70. The Hall–Kier alpha value is -1.36. The molecule has 5 heteroatoms. The SMILES string of the molecule is O=S(=O)(c1cccc(Cl)c1)N1CCC(c2ccccc2)C1. The number of benzene rings is 2. The van der Waals surface area contributed by atoms with E-state index in [4.69, 9.17) is 11.6 Å². The number of rotatable bonds is 3. The molecule has 2 aromatic rings. The molecule has 1 saturated heterocycles. The lowest BCUT2D eigenvalue weighted by Gasteiger charge is -2.17. The molecule has 0 N–H and O–H groups in total. The highest BCUT2D eigenvalue weighted by atomic mass is 35.5. The lowest BCUT2D eigenvalue weighted by Crippen LogP contribution is -2.28. The van der Waals surface area contributed by atoms with Gasteiger partial charge in [0.1, 0.15) is 0 Å². The molecule has 0 spiro atoms. The highest BCUT2D eigenvalue weighted by molar-refractivity contribution is 7.89. The first-order valence-electron chi connectivity index (χ1n) is 6.88. The van der Waals surface area contributed by atoms with E-state index in [2.05, 4.69) is 12.1 Å². The lowest BCUT2D eigenvalue weighted by atomic mass is 9.99. The first-order chi connectivity index (χ1) is 10.1. The molecule has 1 unspecified atom stereocenters. The molecule has 1 atom stereocenters. The van der Waals surface area contributed by atoms with Crippen molar-refractivity contribution in [2.24, 2.45) is 0 Å². The van der Waals surface area contributed by atoms with Crippen molar-refractivity contribution in [1.29, 1.82) is 0 Å². The molecule has 0 radical (unpaired) electrons. The van der Waals surface area contributed by atoms with Crippen LogP contribution < -0.4 is 0 Å². The van der Waals surface area contributed by atoms with Gasteiger partial charge in [0.15, 0.2) is 0 Å². The van der Waals surface area contributed by atoms with Crippen LogP contribution in [0.5, 0.6) is 0 Å². The normalized spacial score (nSPS) is 19.8. The van der Waals surface area contributed by atoms with Crippen LogP contribution in [0.3, 0.4) is 0 Å². The van der Waals surface area contributed by atoms with E-state index >= 15 is 0 Å². The second-order valence-corrected chi connectivity index (χ2v) is 7.59. The van der Waals surface area contributed by atoms with E-state index in [1.165, 1.54) is 11.6 Å². The van der Waals surface area contributed by atoms with Crippen molar-refractivity contribution >= 4 is 21.6 Å². The van der Waals surface area contributed by atoms with Gasteiger partial charge in [0.2, 0.25) is 10.0 Å². The maximum absolute atomic E-state index is 12.6. The second-order valence-electron chi connectivity index (χ2n) is 5.22. The maximum atomic E-state index is 12.6. The minimum atomic E-state index is -3.45. The third-order valence-electron chi connectivity index (χ3n) is 3.86. The monoisotopic (exact) mass is 321 g/mol. The Morgan fingerprint density at radius 3 is 2.52 bits per heavy atom. The van der Waals surface area contributed by atoms with Crippen LogP contribution in [-0.2, 0) is 10.0 Å². The lowest BCUT2D eigenvalue weighted by molar-refractivity contribution is 0.473. The molecule has 1 aliphatic heterocycles. The maximum Gasteiger partial charge on any atom is 0.243 e. The average Bonchev–Trinajstić information content (AvgIpc) is 2.99. The fourth-order valence-corrected chi connectivity index (χ4v) is 4.52. The van der Waals surface area contributed by atoms with Gasteiger partial charge in [0, 0.05) is 18.1 Å². The van der Waals surface area contributed by atoms with Gasteiger partial charge in [0.25, 0.3) is 0 Å². The molecule has 110 valence electrons. The van der Waals surface area contributed by atoms with Gasteiger partial charge >= 0.3 is 0 Å². The summed E-state index contributed by atoms with van der Waals surface area (Å²) < 4.78 is 26.8. The number of halogens is 1. The number of hydrogen-bond donors (Lipinski definition) is 0. The molecule has 0 amide bonds. The molecule has 1 fully saturated rings. The quantitative estimate of drug-likeness (QED) is 0.867. The van der Waals surface area contributed by atoms with Crippen molar-refractivity contribution in [3.8, 4) is 0 Å². The fraction of sp³-hybridized carbons (Fsp3) is 0.250. The molecule has 3 nitrogen and oxygen atoms in total. The van der Waals surface area contributed by atoms with Crippen molar-refractivity contribution in [3.05, 3.63) is 65.2 Å². The van der Waals surface area contributed by atoms with Gasteiger partial charge in [-0.25, -0.2) is 8.42 Å². The average molecular weight is 322 g/mol. The van der Waals surface area contributed by atoms with Crippen LogP contribution in [0.1, 0.15) is 17.9 Å². The van der Waals surface area contributed by atoms with Gasteiger partial charge < -0.3 is 0 Å². The van der Waals surface area contributed by atoms with E-state index in [-0.39, 0.29) is 10.8 Å². The van der Waals surface area contributed by atoms with Gasteiger partial charge in [-0.3, -0.25) is 0 Å². The van der Waals surface area contributed by atoms with Crippen molar-refractivity contribution < 1.29 is 8.42 Å². The smallest absolute Gasteiger partial charge is 0.207 e. The summed E-state index contributed by atoms with van der Waals surface area (Å²) in [5.41, 5.74) is 1.20. The van der Waals surface area contributed by atoms with E-state index in [9.17, 15) is 8.42 Å². The Balaban J connectivity index is 1.83. The molecule has 1 aliphatic rings. The number of sulfonamides is 1. The summed E-state index contributed by atoms with van der Waals surface area (Å²) in [7, 11) is -3.45. The largest absolute Gasteiger partial charge is 0.243 e. The topological polar surface area (TPSA) is 37.4 Å². The Morgan fingerprint density at radius 1 is 1.05 bits per heavy atom. The summed E-state index contributed by atoms with van der Waals surface area (Å²) in [6.07, 6.45) is 0.851. The summed E-state index contributed by atoms with van der Waals surface area (Å²) >= 11 is 5.90. The zero-order valence-corrected chi connectivity index (χ0v) is 13.0. The Kier molecular flexibility index (Phi) is 4.02. The summed E-state index contributed by atoms with van der Waals surface area (Å²) in [6, 6.07) is 16.5. The predicted molar refractivity (Wildman–Crippen MR) is 84.0 cm³/mol. The fourth-order valence-electron chi connectivity index (χ4n) is 2.72. The highest BCUT2D eigenvalue weighted by Gasteiger charge is 2.33. The molecular formula is C16H16ClNO2S. The molecular weight excluding hydrogens is 306 g/mol. The van der Waals surface area contributed by atoms with Crippen molar-refractivity contribution in [2.45, 2.75) is 17.2 Å². The van der Waals surface area contributed by atoms with Gasteiger partial charge in [-0.2, -0.15) is 4.31 Å². The Bertz CT molecular complexity index is 731. The van der Waals surface area contributed by atoms with E-state index in [0.29, 0.717) is 18.1 Å². The third kappa shape index (κ3) is 2.98. The van der Waals surface area contributed by atoms with Crippen molar-refractivity contribution in [3.63, 3.8) is 0 Å². The van der Waals surface area contributed by atoms with Crippen LogP contribution in [0.15, 0.2) is 59.5 Å². The molecule has 0 aromatic heterocycles. The van der Waals surface area contributed by atoms with Gasteiger partial charge in [0.05, 0.1) is 4.90 Å². The third-order valence-corrected chi connectivity index (χ3v) is 5.95. The number of nitrogens with zero attached hydrogens (tertiary/aromatic N) is 1. The van der Waals surface area contributed by atoms with E-state index in [0.717, 1.165) is 6.42 Å². The van der Waals surface area contributed by atoms with Crippen molar-refractivity contribution in [2.75, 3.05) is 13.1 Å². The summed E-state index contributed by atoms with van der Waals surface area (Å²) in [5, 5.41) is 0.440. The van der Waals surface area contributed by atoms with Gasteiger partial charge in [-0.1, -0.05) is 48.0 Å². The van der Waals surface area contributed by atoms with Gasteiger partial charge in [-0.15, -0.1) is 0 Å². The van der Waals surface area contributed by atoms with Crippen molar-refractivity contribution in [1.82, 2.24) is 4.31 Å². The van der Waals surface area contributed by atoms with Crippen LogP contribution in [0.4, 0.5) is 0 Å². The molecule has 0 aliphatic carbocycles. The van der Waals surface area contributed by atoms with Crippen LogP contribution >= 0.6 is 11.6 Å². The molecule has 3 rings (SSSR count).